The van der Waals surface area contributed by atoms with Gasteiger partial charge in [0.1, 0.15) is 11.8 Å². The van der Waals surface area contributed by atoms with E-state index in [1.807, 2.05) is 32.0 Å². The molecule has 0 spiro atoms. The van der Waals surface area contributed by atoms with Crippen molar-refractivity contribution < 1.29 is 24.5 Å². The van der Waals surface area contributed by atoms with E-state index in [1.54, 1.807) is 0 Å². The molecule has 0 aromatic heterocycles. The van der Waals surface area contributed by atoms with E-state index in [0.717, 1.165) is 11.1 Å². The summed E-state index contributed by atoms with van der Waals surface area (Å²) in [6.45, 7) is 3.20. The van der Waals surface area contributed by atoms with Crippen LogP contribution in [0.3, 0.4) is 0 Å². The molecule has 6 nitrogen and oxygen atoms in total. The molecule has 3 N–H and O–H groups in total. The van der Waals surface area contributed by atoms with Crippen LogP contribution in [0.5, 0.6) is 5.75 Å². The molecular weight excluding hydrogens is 262 g/mol. The van der Waals surface area contributed by atoms with Gasteiger partial charge in [0.05, 0.1) is 0 Å². The zero-order valence-corrected chi connectivity index (χ0v) is 11.5. The lowest BCUT2D eigenvalue weighted by Gasteiger charge is -2.14. The number of carboxylic acids is 1. The average molecular weight is 281 g/mol. The number of aliphatic hydroxyl groups is 1. The highest BCUT2D eigenvalue weighted by molar-refractivity contribution is 5.84. The second kappa shape index (κ2) is 7.49. The van der Waals surface area contributed by atoms with E-state index in [4.69, 9.17) is 14.9 Å². The van der Waals surface area contributed by atoms with Gasteiger partial charge in [0.15, 0.2) is 6.61 Å². The molecule has 0 radical (unpaired) electrons. The number of carbonyl (C=O) groups excluding carboxylic acids is 1. The summed E-state index contributed by atoms with van der Waals surface area (Å²) >= 11 is 0. The zero-order chi connectivity index (χ0) is 15.1. The van der Waals surface area contributed by atoms with Crippen LogP contribution in [0.1, 0.15) is 17.5 Å². The van der Waals surface area contributed by atoms with Crippen LogP contribution >= 0.6 is 0 Å². The normalized spacial score (nSPS) is 11.8. The molecule has 20 heavy (non-hydrogen) atoms. The summed E-state index contributed by atoms with van der Waals surface area (Å²) in [6, 6.07) is 4.53. The number of hydrogen-bond acceptors (Lipinski definition) is 4. The van der Waals surface area contributed by atoms with Gasteiger partial charge in [-0.1, -0.05) is 12.1 Å². The number of aliphatic hydroxyl groups excluding tert-OH is 1. The quantitative estimate of drug-likeness (QED) is 0.681. The van der Waals surface area contributed by atoms with Gasteiger partial charge in [-0.05, 0) is 31.0 Å². The largest absolute Gasteiger partial charge is 0.483 e. The van der Waals surface area contributed by atoms with Gasteiger partial charge < -0.3 is 20.3 Å². The van der Waals surface area contributed by atoms with Crippen molar-refractivity contribution in [2.45, 2.75) is 26.3 Å². The van der Waals surface area contributed by atoms with Gasteiger partial charge in [-0.25, -0.2) is 4.79 Å². The fraction of sp³-hybridized carbons (Fsp3) is 0.429. The molecule has 0 fully saturated rings. The van der Waals surface area contributed by atoms with Crippen molar-refractivity contribution in [1.82, 2.24) is 5.32 Å². The number of ether oxygens (including phenoxy) is 1. The molecule has 110 valence electrons. The van der Waals surface area contributed by atoms with Crippen LogP contribution in [-0.4, -0.2) is 41.3 Å². The monoisotopic (exact) mass is 281 g/mol. The fourth-order valence-electron chi connectivity index (χ4n) is 1.63. The maximum absolute atomic E-state index is 11.6. The minimum absolute atomic E-state index is 0.0372. The SMILES string of the molecule is Cc1ccc(C)c(OCC(=O)NC(CCO)C(=O)O)c1. The predicted octanol–water partition coefficient (Wildman–Crippen LogP) is 0.634. The Balaban J connectivity index is 2.54. The third-order valence-corrected chi connectivity index (χ3v) is 2.75. The lowest BCUT2D eigenvalue weighted by atomic mass is 10.1. The van der Waals surface area contributed by atoms with E-state index in [-0.39, 0.29) is 19.6 Å². The lowest BCUT2D eigenvalue weighted by Crippen LogP contribution is -2.43. The second-order valence-corrected chi connectivity index (χ2v) is 4.53. The van der Waals surface area contributed by atoms with Crippen molar-refractivity contribution in [3.8, 4) is 5.75 Å². The third kappa shape index (κ3) is 4.89. The third-order valence-electron chi connectivity index (χ3n) is 2.75. The second-order valence-electron chi connectivity index (χ2n) is 4.53. The molecule has 1 unspecified atom stereocenters. The van der Waals surface area contributed by atoms with E-state index in [0.29, 0.717) is 5.75 Å². The molecule has 6 heteroatoms. The van der Waals surface area contributed by atoms with Crippen molar-refractivity contribution in [1.29, 1.82) is 0 Å². The smallest absolute Gasteiger partial charge is 0.326 e. The Kier molecular flexibility index (Phi) is 5.99. The summed E-state index contributed by atoms with van der Waals surface area (Å²) in [7, 11) is 0. The minimum Gasteiger partial charge on any atom is -0.483 e. The van der Waals surface area contributed by atoms with Crippen molar-refractivity contribution in [2.75, 3.05) is 13.2 Å². The topological polar surface area (TPSA) is 95.9 Å². The van der Waals surface area contributed by atoms with Gasteiger partial charge in [0.2, 0.25) is 0 Å². The highest BCUT2D eigenvalue weighted by Gasteiger charge is 2.19. The van der Waals surface area contributed by atoms with E-state index >= 15 is 0 Å². The Morgan fingerprint density at radius 3 is 2.65 bits per heavy atom. The van der Waals surface area contributed by atoms with Crippen LogP contribution in [0.25, 0.3) is 0 Å². The van der Waals surface area contributed by atoms with Crippen LogP contribution in [0.15, 0.2) is 18.2 Å². The number of hydrogen-bond donors (Lipinski definition) is 3. The molecular formula is C14H19NO5. The van der Waals surface area contributed by atoms with Crippen molar-refractivity contribution >= 4 is 11.9 Å². The Labute approximate surface area is 117 Å². The van der Waals surface area contributed by atoms with Crippen LogP contribution in [0.2, 0.25) is 0 Å². The van der Waals surface area contributed by atoms with E-state index < -0.39 is 17.9 Å². The van der Waals surface area contributed by atoms with Gasteiger partial charge in [0, 0.05) is 13.0 Å². The molecule has 0 saturated carbocycles. The molecule has 0 aliphatic rings. The Bertz CT molecular complexity index is 486. The van der Waals surface area contributed by atoms with Gasteiger partial charge in [0.25, 0.3) is 5.91 Å². The summed E-state index contributed by atoms with van der Waals surface area (Å²) in [5.74, 6) is -1.12. The maximum Gasteiger partial charge on any atom is 0.326 e. The predicted molar refractivity (Wildman–Crippen MR) is 72.7 cm³/mol. The Morgan fingerprint density at radius 1 is 1.35 bits per heavy atom. The number of nitrogens with one attached hydrogen (secondary N) is 1. The minimum atomic E-state index is -1.18. The number of carbonyl (C=O) groups is 2. The molecule has 1 atom stereocenters. The number of carboxylic acid groups (broad SMARTS) is 1. The molecule has 1 aromatic rings. The van der Waals surface area contributed by atoms with Crippen LogP contribution in [0.4, 0.5) is 0 Å². The molecule has 0 saturated heterocycles. The van der Waals surface area contributed by atoms with Crippen LogP contribution in [0, 0.1) is 13.8 Å². The lowest BCUT2D eigenvalue weighted by molar-refractivity contribution is -0.142. The van der Waals surface area contributed by atoms with Gasteiger partial charge in [-0.2, -0.15) is 0 Å². The maximum atomic E-state index is 11.6. The summed E-state index contributed by atoms with van der Waals surface area (Å²) < 4.78 is 5.37. The molecule has 0 bridgehead atoms. The summed E-state index contributed by atoms with van der Waals surface area (Å²) in [4.78, 5) is 22.5. The van der Waals surface area contributed by atoms with E-state index in [2.05, 4.69) is 5.32 Å². The molecule has 1 rings (SSSR count). The van der Waals surface area contributed by atoms with Crippen LogP contribution < -0.4 is 10.1 Å². The highest BCUT2D eigenvalue weighted by Crippen LogP contribution is 2.18. The first-order chi connectivity index (χ1) is 9.43. The van der Waals surface area contributed by atoms with Gasteiger partial charge in [-0.15, -0.1) is 0 Å². The van der Waals surface area contributed by atoms with E-state index in [9.17, 15) is 9.59 Å². The van der Waals surface area contributed by atoms with Crippen molar-refractivity contribution in [2.24, 2.45) is 0 Å². The standard InChI is InChI=1S/C14H19NO5/c1-9-3-4-10(2)12(7-9)20-8-13(17)15-11(5-6-16)14(18)19/h3-4,7,11,16H,5-6,8H2,1-2H3,(H,15,17)(H,18,19). The Hall–Kier alpha value is -2.08. The molecule has 1 amide bonds. The number of benzene rings is 1. The molecule has 0 aliphatic heterocycles. The molecule has 1 aromatic carbocycles. The average Bonchev–Trinajstić information content (AvgIpc) is 2.39. The molecule has 0 heterocycles. The highest BCUT2D eigenvalue weighted by atomic mass is 16.5. The zero-order valence-electron chi connectivity index (χ0n) is 11.5. The number of aliphatic carboxylic acids is 1. The van der Waals surface area contributed by atoms with Gasteiger partial charge >= 0.3 is 5.97 Å². The molecule has 0 aliphatic carbocycles. The van der Waals surface area contributed by atoms with Gasteiger partial charge in [-0.3, -0.25) is 4.79 Å². The van der Waals surface area contributed by atoms with Crippen molar-refractivity contribution in [3.05, 3.63) is 29.3 Å². The summed E-state index contributed by atoms with van der Waals surface area (Å²) in [5.41, 5.74) is 1.91. The number of aryl methyl sites for hydroxylation is 2. The number of amides is 1. The van der Waals surface area contributed by atoms with Crippen molar-refractivity contribution in [3.63, 3.8) is 0 Å². The summed E-state index contributed by atoms with van der Waals surface area (Å²) in [5, 5.41) is 19.9. The Morgan fingerprint density at radius 2 is 2.05 bits per heavy atom. The summed E-state index contributed by atoms with van der Waals surface area (Å²) in [6.07, 6.45) is -0.0372. The first-order valence-corrected chi connectivity index (χ1v) is 6.27. The van der Waals surface area contributed by atoms with Crippen LogP contribution in [-0.2, 0) is 9.59 Å². The first-order valence-electron chi connectivity index (χ1n) is 6.27. The number of rotatable bonds is 7. The first kappa shape index (κ1) is 16.0. The van der Waals surface area contributed by atoms with E-state index in [1.165, 1.54) is 0 Å². The fourth-order valence-corrected chi connectivity index (χ4v) is 1.63.